The minimum absolute atomic E-state index is 0.0173. The highest BCUT2D eigenvalue weighted by Gasteiger charge is 2.36. The Labute approximate surface area is 169 Å². The third-order valence-corrected chi connectivity index (χ3v) is 6.18. The van der Waals surface area contributed by atoms with Gasteiger partial charge in [0.2, 0.25) is 0 Å². The van der Waals surface area contributed by atoms with E-state index in [4.69, 9.17) is 16.3 Å². The molecule has 28 heavy (non-hydrogen) atoms. The Morgan fingerprint density at radius 3 is 2.93 bits per heavy atom. The number of aromatic nitrogens is 2. The van der Waals surface area contributed by atoms with Crippen LogP contribution >= 0.6 is 11.6 Å². The van der Waals surface area contributed by atoms with E-state index in [1.165, 1.54) is 23.8 Å². The molecule has 1 unspecified atom stereocenters. The van der Waals surface area contributed by atoms with Crippen LogP contribution in [-0.2, 0) is 16.0 Å². The molecular weight excluding hydrogens is 374 g/mol. The maximum atomic E-state index is 11.8. The molecule has 1 aromatic carbocycles. The van der Waals surface area contributed by atoms with Crippen LogP contribution in [-0.4, -0.2) is 40.5 Å². The van der Waals surface area contributed by atoms with E-state index in [-0.39, 0.29) is 18.1 Å². The van der Waals surface area contributed by atoms with E-state index in [2.05, 4.69) is 40.0 Å². The molecule has 0 aliphatic carbocycles. The summed E-state index contributed by atoms with van der Waals surface area (Å²) in [5, 5.41) is 1.78. The van der Waals surface area contributed by atoms with Gasteiger partial charge in [-0.15, -0.1) is 0 Å². The fourth-order valence-corrected chi connectivity index (χ4v) is 4.50. The number of aromatic amines is 1. The highest BCUT2D eigenvalue weighted by atomic mass is 35.5. The molecule has 1 aliphatic rings. The number of nitrogens with zero attached hydrogens (tertiary/aromatic N) is 2. The van der Waals surface area contributed by atoms with Crippen LogP contribution in [0.25, 0.3) is 10.9 Å². The standard InChI is InChI=1S/C22H24ClN3O2/c1-13-12-17-16-6-4-5-7-18(16)25-20(17)21(26(13)11-9-19(27)28-3)15-8-10-24-22(23)14(15)2/h4-8,10,13,21,25H,9,11-12H2,1-3H3/t13-,21?/m1/s1. The minimum Gasteiger partial charge on any atom is -0.469 e. The zero-order valence-electron chi connectivity index (χ0n) is 16.3. The van der Waals surface area contributed by atoms with Gasteiger partial charge in [-0.05, 0) is 49.1 Å². The van der Waals surface area contributed by atoms with Crippen LogP contribution in [0.5, 0.6) is 0 Å². The van der Waals surface area contributed by atoms with E-state index >= 15 is 0 Å². The van der Waals surface area contributed by atoms with Crippen LogP contribution < -0.4 is 0 Å². The average molecular weight is 398 g/mol. The van der Waals surface area contributed by atoms with Gasteiger partial charge in [0, 0.05) is 35.4 Å². The van der Waals surface area contributed by atoms with Crippen LogP contribution in [0.1, 0.15) is 41.8 Å². The zero-order chi connectivity index (χ0) is 19.8. The Bertz CT molecular complexity index is 1030. The summed E-state index contributed by atoms with van der Waals surface area (Å²) in [6.07, 6.45) is 3.03. The molecule has 0 bridgehead atoms. The molecule has 0 spiro atoms. The van der Waals surface area contributed by atoms with E-state index in [1.807, 2.05) is 19.1 Å². The molecule has 0 fully saturated rings. The van der Waals surface area contributed by atoms with Crippen molar-refractivity contribution in [1.29, 1.82) is 0 Å². The molecule has 6 heteroatoms. The summed E-state index contributed by atoms with van der Waals surface area (Å²) >= 11 is 6.36. The summed E-state index contributed by atoms with van der Waals surface area (Å²) in [4.78, 5) is 22.1. The highest BCUT2D eigenvalue weighted by Crippen LogP contribution is 2.42. The number of hydrogen-bond donors (Lipinski definition) is 1. The fraction of sp³-hybridized carbons (Fsp3) is 0.364. The minimum atomic E-state index is -0.196. The number of rotatable bonds is 4. The summed E-state index contributed by atoms with van der Waals surface area (Å²) in [5.74, 6) is -0.196. The van der Waals surface area contributed by atoms with Gasteiger partial charge in [0.25, 0.3) is 0 Å². The predicted molar refractivity (Wildman–Crippen MR) is 111 cm³/mol. The molecule has 0 saturated heterocycles. The summed E-state index contributed by atoms with van der Waals surface area (Å²) in [6, 6.07) is 10.7. The molecule has 0 saturated carbocycles. The van der Waals surface area contributed by atoms with Gasteiger partial charge in [-0.1, -0.05) is 29.8 Å². The van der Waals surface area contributed by atoms with Crippen LogP contribution in [0.4, 0.5) is 0 Å². The van der Waals surface area contributed by atoms with Crippen molar-refractivity contribution in [2.24, 2.45) is 0 Å². The molecule has 146 valence electrons. The van der Waals surface area contributed by atoms with Crippen LogP contribution in [0, 0.1) is 6.92 Å². The van der Waals surface area contributed by atoms with Gasteiger partial charge in [0.1, 0.15) is 5.15 Å². The van der Waals surface area contributed by atoms with E-state index in [0.717, 1.165) is 23.1 Å². The number of benzene rings is 1. The van der Waals surface area contributed by atoms with Crippen molar-refractivity contribution >= 4 is 28.5 Å². The summed E-state index contributed by atoms with van der Waals surface area (Å²) < 4.78 is 4.87. The first kappa shape index (κ1) is 19.0. The number of hydrogen-bond acceptors (Lipinski definition) is 4. The fourth-order valence-electron chi connectivity index (χ4n) is 4.33. The molecule has 5 nitrogen and oxygen atoms in total. The largest absolute Gasteiger partial charge is 0.469 e. The lowest BCUT2D eigenvalue weighted by atomic mass is 9.87. The molecular formula is C22H24ClN3O2. The van der Waals surface area contributed by atoms with Crippen molar-refractivity contribution in [3.63, 3.8) is 0 Å². The van der Waals surface area contributed by atoms with E-state index in [0.29, 0.717) is 18.1 Å². The van der Waals surface area contributed by atoms with Crippen LogP contribution in [0.3, 0.4) is 0 Å². The SMILES string of the molecule is COC(=O)CCN1C(c2ccnc(Cl)c2C)c2[nH]c3ccccc3c2C[C@H]1C. The summed E-state index contributed by atoms with van der Waals surface area (Å²) in [7, 11) is 1.43. The van der Waals surface area contributed by atoms with Crippen molar-refractivity contribution in [1.82, 2.24) is 14.9 Å². The summed E-state index contributed by atoms with van der Waals surface area (Å²) in [6.45, 7) is 4.84. The summed E-state index contributed by atoms with van der Waals surface area (Å²) in [5.41, 5.74) is 5.74. The van der Waals surface area contributed by atoms with Gasteiger partial charge in [-0.25, -0.2) is 4.98 Å². The molecule has 2 atom stereocenters. The van der Waals surface area contributed by atoms with E-state index < -0.39 is 0 Å². The maximum absolute atomic E-state index is 11.8. The van der Waals surface area contributed by atoms with Crippen molar-refractivity contribution < 1.29 is 9.53 Å². The molecule has 1 N–H and O–H groups in total. The third-order valence-electron chi connectivity index (χ3n) is 5.80. The van der Waals surface area contributed by atoms with Gasteiger partial charge < -0.3 is 9.72 Å². The second-order valence-corrected chi connectivity index (χ2v) is 7.76. The number of carbonyl (C=O) groups is 1. The second kappa shape index (κ2) is 7.57. The quantitative estimate of drug-likeness (QED) is 0.522. The lowest BCUT2D eigenvalue weighted by Gasteiger charge is -2.41. The van der Waals surface area contributed by atoms with Gasteiger partial charge in [0.15, 0.2) is 0 Å². The second-order valence-electron chi connectivity index (χ2n) is 7.40. The average Bonchev–Trinajstić information content (AvgIpc) is 3.06. The molecule has 2 aromatic heterocycles. The van der Waals surface area contributed by atoms with Crippen molar-refractivity contribution in [3.05, 3.63) is 64.1 Å². The lowest BCUT2D eigenvalue weighted by molar-refractivity contribution is -0.141. The topological polar surface area (TPSA) is 58.2 Å². The molecule has 1 aliphatic heterocycles. The molecule has 3 aromatic rings. The first-order valence-corrected chi connectivity index (χ1v) is 9.92. The number of carbonyl (C=O) groups excluding carboxylic acids is 1. The van der Waals surface area contributed by atoms with E-state index in [9.17, 15) is 4.79 Å². The molecule has 0 radical (unpaired) electrons. The molecule has 3 heterocycles. The third kappa shape index (κ3) is 3.19. The van der Waals surface area contributed by atoms with Crippen molar-refractivity contribution in [3.8, 4) is 0 Å². The Balaban J connectivity index is 1.87. The Kier molecular flexibility index (Phi) is 5.13. The monoisotopic (exact) mass is 397 g/mol. The van der Waals surface area contributed by atoms with Gasteiger partial charge in [-0.2, -0.15) is 0 Å². The Morgan fingerprint density at radius 2 is 2.14 bits per heavy atom. The van der Waals surface area contributed by atoms with Gasteiger partial charge in [-0.3, -0.25) is 9.69 Å². The number of halogens is 1. The number of pyridine rings is 1. The highest BCUT2D eigenvalue weighted by molar-refractivity contribution is 6.30. The van der Waals surface area contributed by atoms with Gasteiger partial charge in [0.05, 0.1) is 19.6 Å². The Morgan fingerprint density at radius 1 is 1.36 bits per heavy atom. The van der Waals surface area contributed by atoms with Crippen LogP contribution in [0.15, 0.2) is 36.5 Å². The predicted octanol–water partition coefficient (Wildman–Crippen LogP) is 4.42. The number of fused-ring (bicyclic) bond motifs is 3. The van der Waals surface area contributed by atoms with E-state index in [1.54, 1.807) is 6.20 Å². The van der Waals surface area contributed by atoms with Crippen LogP contribution in [0.2, 0.25) is 5.15 Å². The van der Waals surface area contributed by atoms with Crippen molar-refractivity contribution in [2.45, 2.75) is 38.8 Å². The maximum Gasteiger partial charge on any atom is 0.306 e. The number of H-pyrrole nitrogens is 1. The Hall–Kier alpha value is -2.37. The number of ether oxygens (including phenoxy) is 1. The first-order valence-electron chi connectivity index (χ1n) is 9.54. The first-order chi connectivity index (χ1) is 13.5. The molecule has 0 amide bonds. The molecule has 4 rings (SSSR count). The number of esters is 1. The lowest BCUT2D eigenvalue weighted by Crippen LogP contribution is -2.44. The van der Waals surface area contributed by atoms with Gasteiger partial charge >= 0.3 is 5.97 Å². The zero-order valence-corrected chi connectivity index (χ0v) is 17.1. The number of nitrogens with one attached hydrogen (secondary N) is 1. The van der Waals surface area contributed by atoms with Crippen molar-refractivity contribution in [2.75, 3.05) is 13.7 Å². The number of para-hydroxylation sites is 1. The normalized spacial score (nSPS) is 19.6. The smallest absolute Gasteiger partial charge is 0.306 e. The number of methoxy groups -OCH3 is 1.